The fourth-order valence-corrected chi connectivity index (χ4v) is 4.43. The molecule has 1 amide bonds. The van der Waals surface area contributed by atoms with E-state index >= 15 is 0 Å². The van der Waals surface area contributed by atoms with Crippen molar-refractivity contribution in [3.63, 3.8) is 0 Å². The summed E-state index contributed by atoms with van der Waals surface area (Å²) in [7, 11) is -3.93. The van der Waals surface area contributed by atoms with Crippen LogP contribution in [0, 0.1) is 0 Å². The number of fused-ring (bicyclic) bond motifs is 1. The second-order valence-corrected chi connectivity index (χ2v) is 9.05. The van der Waals surface area contributed by atoms with Crippen LogP contribution in [0.5, 0.6) is 0 Å². The van der Waals surface area contributed by atoms with Gasteiger partial charge in [-0.1, -0.05) is 70.5 Å². The zero-order chi connectivity index (χ0) is 21.1. The van der Waals surface area contributed by atoms with Gasteiger partial charge in [0.1, 0.15) is 0 Å². The molecule has 6 nitrogen and oxygen atoms in total. The third-order valence-corrected chi connectivity index (χ3v) is 6.17. The number of rotatable bonds is 5. The Hall–Kier alpha value is -3.07. The highest BCUT2D eigenvalue weighted by atomic mass is 79.9. The van der Waals surface area contributed by atoms with E-state index in [4.69, 9.17) is 0 Å². The van der Waals surface area contributed by atoms with Crippen LogP contribution in [0.25, 0.3) is 22.2 Å². The first-order valence-electron chi connectivity index (χ1n) is 8.97. The summed E-state index contributed by atoms with van der Waals surface area (Å²) in [4.78, 5) is 19.7. The van der Waals surface area contributed by atoms with Crippen molar-refractivity contribution in [3.05, 3.63) is 95.0 Å². The van der Waals surface area contributed by atoms with Gasteiger partial charge in [0.2, 0.25) is 0 Å². The fourth-order valence-electron chi connectivity index (χ4n) is 2.99. The molecular formula is C22H16BrN3O3S. The van der Waals surface area contributed by atoms with Crippen LogP contribution in [-0.4, -0.2) is 19.3 Å². The van der Waals surface area contributed by atoms with Gasteiger partial charge in [0.05, 0.1) is 21.7 Å². The van der Waals surface area contributed by atoms with Crippen LogP contribution >= 0.6 is 15.9 Å². The zero-order valence-electron chi connectivity index (χ0n) is 15.5. The van der Waals surface area contributed by atoms with Gasteiger partial charge in [-0.2, -0.15) is 0 Å². The van der Waals surface area contributed by atoms with Crippen LogP contribution in [0.15, 0.2) is 94.3 Å². The fraction of sp³-hybridized carbons (Fsp3) is 0. The number of sulfonamides is 1. The number of halogens is 1. The number of para-hydroxylation sites is 1. The Morgan fingerprint density at radius 2 is 1.60 bits per heavy atom. The summed E-state index contributed by atoms with van der Waals surface area (Å²) in [6.45, 7) is 0. The van der Waals surface area contributed by atoms with Crippen molar-refractivity contribution in [2.24, 2.45) is 0 Å². The number of pyridine rings is 1. The van der Waals surface area contributed by atoms with E-state index in [1.165, 1.54) is 12.1 Å². The largest absolute Gasteiger partial charge is 0.273 e. The average molecular weight is 482 g/mol. The number of hydrogen-bond acceptors (Lipinski definition) is 4. The number of nitrogens with one attached hydrogen (secondary N) is 2. The smallest absolute Gasteiger partial charge is 0.267 e. The lowest BCUT2D eigenvalue weighted by Crippen LogP contribution is -2.41. The summed E-state index contributed by atoms with van der Waals surface area (Å²) in [6, 6.07) is 24.5. The molecule has 0 atom stereocenters. The van der Waals surface area contributed by atoms with E-state index in [1.807, 2.05) is 42.5 Å². The van der Waals surface area contributed by atoms with Crippen molar-refractivity contribution < 1.29 is 13.2 Å². The number of carbonyl (C=O) groups is 1. The van der Waals surface area contributed by atoms with E-state index in [0.29, 0.717) is 26.6 Å². The predicted molar refractivity (Wildman–Crippen MR) is 119 cm³/mol. The Labute approximate surface area is 182 Å². The van der Waals surface area contributed by atoms with Gasteiger partial charge in [0.15, 0.2) is 0 Å². The monoisotopic (exact) mass is 481 g/mol. The zero-order valence-corrected chi connectivity index (χ0v) is 17.9. The molecule has 0 aliphatic rings. The number of aromatic nitrogens is 1. The van der Waals surface area contributed by atoms with Gasteiger partial charge in [-0.3, -0.25) is 10.2 Å². The topological polar surface area (TPSA) is 88.2 Å². The minimum absolute atomic E-state index is 0.0294. The summed E-state index contributed by atoms with van der Waals surface area (Å²) >= 11 is 3.24. The van der Waals surface area contributed by atoms with Gasteiger partial charge < -0.3 is 0 Å². The van der Waals surface area contributed by atoms with Crippen molar-refractivity contribution in [2.45, 2.75) is 4.90 Å². The highest BCUT2D eigenvalue weighted by molar-refractivity contribution is 9.10. The maximum Gasteiger partial charge on any atom is 0.267 e. The quantitative estimate of drug-likeness (QED) is 0.416. The predicted octanol–water partition coefficient (Wildman–Crippen LogP) is 4.29. The number of hydrazine groups is 1. The minimum Gasteiger partial charge on any atom is -0.273 e. The van der Waals surface area contributed by atoms with Crippen LogP contribution in [0.3, 0.4) is 0 Å². The first-order valence-corrected chi connectivity index (χ1v) is 11.2. The summed E-state index contributed by atoms with van der Waals surface area (Å²) in [5.41, 5.74) is 4.74. The van der Waals surface area contributed by atoms with Crippen molar-refractivity contribution in [1.29, 1.82) is 0 Å². The van der Waals surface area contributed by atoms with E-state index in [-0.39, 0.29) is 4.90 Å². The van der Waals surface area contributed by atoms with Crippen LogP contribution in [0.4, 0.5) is 0 Å². The van der Waals surface area contributed by atoms with Gasteiger partial charge in [0.25, 0.3) is 15.9 Å². The average Bonchev–Trinajstić information content (AvgIpc) is 2.77. The van der Waals surface area contributed by atoms with E-state index in [1.54, 1.807) is 30.3 Å². The van der Waals surface area contributed by atoms with Gasteiger partial charge in [-0.25, -0.2) is 13.4 Å². The first kappa shape index (κ1) is 20.2. The van der Waals surface area contributed by atoms with Crippen molar-refractivity contribution in [1.82, 2.24) is 15.2 Å². The molecule has 30 heavy (non-hydrogen) atoms. The molecule has 0 radical (unpaired) electrons. The Balaban J connectivity index is 1.67. The van der Waals surface area contributed by atoms with E-state index in [2.05, 4.69) is 31.2 Å². The van der Waals surface area contributed by atoms with Crippen molar-refractivity contribution >= 4 is 42.8 Å². The van der Waals surface area contributed by atoms with Gasteiger partial charge >= 0.3 is 0 Å². The molecular weight excluding hydrogens is 466 g/mol. The van der Waals surface area contributed by atoms with Gasteiger partial charge in [0, 0.05) is 15.4 Å². The molecule has 0 saturated heterocycles. The minimum atomic E-state index is -3.93. The molecule has 0 aliphatic heterocycles. The maximum atomic E-state index is 12.9. The summed E-state index contributed by atoms with van der Waals surface area (Å²) in [5, 5.41) is 0.622. The lowest BCUT2D eigenvalue weighted by molar-refractivity contribution is 0.0946. The normalized spacial score (nSPS) is 11.4. The van der Waals surface area contributed by atoms with Gasteiger partial charge in [-0.15, -0.1) is 4.83 Å². The third-order valence-electron chi connectivity index (χ3n) is 4.44. The van der Waals surface area contributed by atoms with Crippen LogP contribution < -0.4 is 10.3 Å². The summed E-state index contributed by atoms with van der Waals surface area (Å²) < 4.78 is 25.6. The molecule has 0 aliphatic carbocycles. The van der Waals surface area contributed by atoms with Crippen molar-refractivity contribution in [3.8, 4) is 11.3 Å². The van der Waals surface area contributed by atoms with E-state index in [9.17, 15) is 13.2 Å². The number of benzene rings is 3. The number of nitrogens with zero attached hydrogens (tertiary/aromatic N) is 1. The molecule has 1 heterocycles. The Kier molecular flexibility index (Phi) is 5.63. The highest BCUT2D eigenvalue weighted by Gasteiger charge is 2.18. The Morgan fingerprint density at radius 3 is 2.37 bits per heavy atom. The third kappa shape index (κ3) is 4.25. The standard InChI is InChI=1S/C22H16BrN3O3S/c23-16-9-6-10-17(13-16)30(28,29)26-25-22(27)19-14-21(15-7-2-1-3-8-15)24-20-12-5-4-11-18(19)20/h1-14,26H,(H,25,27). The van der Waals surface area contributed by atoms with Gasteiger partial charge in [-0.05, 0) is 30.3 Å². The first-order chi connectivity index (χ1) is 14.4. The molecule has 3 aromatic carbocycles. The van der Waals surface area contributed by atoms with Crippen LogP contribution in [0.2, 0.25) is 0 Å². The second kappa shape index (κ2) is 8.35. The molecule has 0 fully saturated rings. The molecule has 8 heteroatoms. The number of carbonyl (C=O) groups excluding carboxylic acids is 1. The molecule has 150 valence electrons. The molecule has 4 rings (SSSR count). The maximum absolute atomic E-state index is 12.9. The lowest BCUT2D eigenvalue weighted by Gasteiger charge is -2.12. The molecule has 0 saturated carbocycles. The second-order valence-electron chi connectivity index (χ2n) is 6.46. The highest BCUT2D eigenvalue weighted by Crippen LogP contribution is 2.24. The summed E-state index contributed by atoms with van der Waals surface area (Å²) in [6.07, 6.45) is 0. The Bertz CT molecular complexity index is 1340. The lowest BCUT2D eigenvalue weighted by atomic mass is 10.0. The summed E-state index contributed by atoms with van der Waals surface area (Å²) in [5.74, 6) is -0.579. The molecule has 0 unspecified atom stereocenters. The van der Waals surface area contributed by atoms with Crippen LogP contribution in [-0.2, 0) is 10.0 Å². The molecule has 0 spiro atoms. The van der Waals surface area contributed by atoms with Crippen LogP contribution in [0.1, 0.15) is 10.4 Å². The van der Waals surface area contributed by atoms with E-state index < -0.39 is 15.9 Å². The Morgan fingerprint density at radius 1 is 0.867 bits per heavy atom. The van der Waals surface area contributed by atoms with E-state index in [0.717, 1.165) is 5.56 Å². The SMILES string of the molecule is O=C(NNS(=O)(=O)c1cccc(Br)c1)c1cc(-c2ccccc2)nc2ccccc12. The molecule has 0 bridgehead atoms. The van der Waals surface area contributed by atoms with Crippen molar-refractivity contribution in [2.75, 3.05) is 0 Å². The number of amides is 1. The molecule has 2 N–H and O–H groups in total. The molecule has 4 aromatic rings. The molecule has 1 aromatic heterocycles. The number of hydrogen-bond donors (Lipinski definition) is 2.